The van der Waals surface area contributed by atoms with Gasteiger partial charge in [-0.2, -0.15) is 0 Å². The second-order valence-electron chi connectivity index (χ2n) is 3.15. The normalized spacial score (nSPS) is 5.55. The number of carbonyl (C=O) groups is 5. The van der Waals surface area contributed by atoms with E-state index in [4.69, 9.17) is 35.7 Å². The van der Waals surface area contributed by atoms with Crippen LogP contribution in [0.3, 0.4) is 0 Å². The Balaban J connectivity index is -0.0000000184. The number of hydrogen-bond donors (Lipinski definition) is 5. The Labute approximate surface area is 212 Å². The van der Waals surface area contributed by atoms with E-state index in [1.807, 2.05) is 0 Å². The molecule has 0 bridgehead atoms. The summed E-state index contributed by atoms with van der Waals surface area (Å²) in [6.07, 6.45) is -0.0556. The predicted octanol–water partition coefficient (Wildman–Crippen LogP) is -0.604. The van der Waals surface area contributed by atoms with Crippen LogP contribution in [0.1, 0.15) is 26.7 Å². The van der Waals surface area contributed by atoms with E-state index in [1.54, 1.807) is 0 Å². The van der Waals surface area contributed by atoms with E-state index in [1.165, 1.54) is 13.8 Å². The summed E-state index contributed by atoms with van der Waals surface area (Å²) in [7, 11) is 0. The molecule has 0 amide bonds. The van der Waals surface area contributed by atoms with Crippen LogP contribution < -0.4 is 10.8 Å². The molecule has 0 atom stereocenters. The maximum absolute atomic E-state index is 9.58. The van der Waals surface area contributed by atoms with Crippen LogP contribution in [0.2, 0.25) is 0 Å². The van der Waals surface area contributed by atoms with Crippen molar-refractivity contribution in [2.24, 2.45) is 5.73 Å². The smallest absolute Gasteiger partial charge is 0.875 e. The molecule has 0 aromatic carbocycles. The Bertz CT molecular complexity index is 316. The second-order valence-corrected chi connectivity index (χ2v) is 3.15. The third-order valence-corrected chi connectivity index (χ3v) is 0.655. The van der Waals surface area contributed by atoms with Crippen LogP contribution in [-0.4, -0.2) is 57.6 Å². The molecule has 6 N–H and O–H groups in total. The van der Waals surface area contributed by atoms with Gasteiger partial charge in [-0.25, -0.2) is 0 Å². The van der Waals surface area contributed by atoms with E-state index >= 15 is 0 Å². The molecule has 0 rings (SSSR count). The number of nitrogens with two attached hydrogens (primary N) is 1. The summed E-state index contributed by atoms with van der Waals surface area (Å²) >= 11 is 0. The summed E-state index contributed by atoms with van der Waals surface area (Å²) in [5.41, 5.74) is 4.76. The van der Waals surface area contributed by atoms with E-state index in [0.29, 0.717) is 0 Å². The molecule has 15 heteroatoms. The fourth-order valence-electron chi connectivity index (χ4n) is 0. The van der Waals surface area contributed by atoms with Gasteiger partial charge < -0.3 is 49.9 Å². The molecule has 0 saturated carbocycles. The summed E-state index contributed by atoms with van der Waals surface area (Å²) < 4.78 is 0. The van der Waals surface area contributed by atoms with Crippen molar-refractivity contribution in [3.63, 3.8) is 0 Å². The first kappa shape index (κ1) is 63.0. The van der Waals surface area contributed by atoms with Gasteiger partial charge in [-0.1, -0.05) is 12.8 Å². The van der Waals surface area contributed by atoms with Crippen molar-refractivity contribution in [3.8, 4) is 0 Å². The summed E-state index contributed by atoms with van der Waals surface area (Å²) in [5.74, 6) is -1.76. The first-order chi connectivity index (χ1) is 11.4. The van der Waals surface area contributed by atoms with Gasteiger partial charge in [-0.3, -0.25) is 19.2 Å². The van der Waals surface area contributed by atoms with Crippen molar-refractivity contribution in [1.29, 1.82) is 0 Å². The number of Topliss-reactive ketones (excluding diaryl/α,β-unsaturated/α-hetero) is 1. The molecular formula is C14H26Cu4NO10-. The van der Waals surface area contributed by atoms with E-state index in [9.17, 15) is 19.5 Å². The zero-order valence-corrected chi connectivity index (χ0v) is 19.2. The zero-order valence-electron chi connectivity index (χ0n) is 15.4. The molecule has 29 heavy (non-hydrogen) atoms. The Morgan fingerprint density at radius 3 is 1.00 bits per heavy atom. The molecule has 0 aliphatic rings. The Kier molecular flexibility index (Phi) is 155. The standard InChI is InChI=1S/C3H7NO.2C3H5O2.C3H6O.2CH2O2.4Cu/c1-3(5)2-4;2*1-2-3(4)5;1-3(2)4;2*2-1-3;;;;/h5H,1-2,4H2;2*1-2H2,(H,4,5);1-2H3;2*1H,(H,2,3);;;;/q;2*-1;;;;;;2*+1/p-1. The zero-order chi connectivity index (χ0) is 21.8. The van der Waals surface area contributed by atoms with Crippen LogP contribution in [0.5, 0.6) is 0 Å². The molecule has 192 valence electrons. The van der Waals surface area contributed by atoms with Gasteiger partial charge in [0.25, 0.3) is 24.9 Å². The number of carboxylic acid groups (broad SMARTS) is 4. The fourth-order valence-corrected chi connectivity index (χ4v) is 0. The van der Waals surface area contributed by atoms with E-state index < -0.39 is 11.9 Å². The van der Waals surface area contributed by atoms with Gasteiger partial charge in [-0.15, -0.1) is 12.3 Å². The van der Waals surface area contributed by atoms with Gasteiger partial charge in [0.2, 0.25) is 0 Å². The largest absolute Gasteiger partial charge is 1.00 e. The third kappa shape index (κ3) is 651. The van der Waals surface area contributed by atoms with Gasteiger partial charge >= 0.3 is 34.1 Å². The van der Waals surface area contributed by atoms with Crippen molar-refractivity contribution in [2.75, 3.05) is 6.54 Å². The van der Waals surface area contributed by atoms with Gasteiger partial charge in [0.1, 0.15) is 5.78 Å². The molecular weight excluding hydrogens is 596 g/mol. The Morgan fingerprint density at radius 1 is 0.931 bits per heavy atom. The monoisotopic (exact) mass is 620 g/mol. The minimum Gasteiger partial charge on any atom is -0.875 e. The summed E-state index contributed by atoms with van der Waals surface area (Å²) in [4.78, 5) is 44.8. The maximum atomic E-state index is 9.58. The molecule has 0 aliphatic heterocycles. The van der Waals surface area contributed by atoms with Crippen LogP contribution >= 0.6 is 0 Å². The van der Waals surface area contributed by atoms with E-state index in [0.717, 1.165) is 0 Å². The molecule has 0 heterocycles. The third-order valence-electron chi connectivity index (χ3n) is 0.655. The molecule has 2 radical (unpaired) electrons. The van der Waals surface area contributed by atoms with Gasteiger partial charge in [0, 0.05) is 40.7 Å². The molecule has 0 unspecified atom stereocenters. The number of aliphatic carboxylic acids is 2. The van der Waals surface area contributed by atoms with Crippen LogP contribution in [0.4, 0.5) is 0 Å². The topological polar surface area (TPSA) is 215 Å². The maximum Gasteiger partial charge on any atom is 1.00 e. The number of hydrogen-bond acceptors (Lipinski definition) is 7. The number of carbonyl (C=O) groups excluding carboxylic acids is 1. The summed E-state index contributed by atoms with van der Waals surface area (Å²) in [5, 5.41) is 38.7. The molecule has 0 fully saturated rings. The number of carboxylic acids is 2. The van der Waals surface area contributed by atoms with Crippen LogP contribution in [-0.2, 0) is 92.2 Å². The van der Waals surface area contributed by atoms with Crippen molar-refractivity contribution in [3.05, 3.63) is 26.2 Å². The van der Waals surface area contributed by atoms with E-state index in [-0.39, 0.29) is 112 Å². The SMILES string of the molecule is C=C([O-])CN.CC(C)=O.O=CO.O=CO.[CH2-]CC(=O)O.[CH2-]CC(=O)O.[Cu+].[Cu+].[Cu].[Cu]. The Morgan fingerprint density at radius 2 is 1.00 bits per heavy atom. The van der Waals surface area contributed by atoms with Crippen LogP contribution in [0.25, 0.3) is 0 Å². The fraction of sp³-hybridized carbons (Fsp3) is 0.357. The number of ketones is 1. The average molecular weight is 623 g/mol. The Hall–Kier alpha value is -0.872. The molecule has 11 nitrogen and oxygen atoms in total. The van der Waals surface area contributed by atoms with E-state index in [2.05, 4.69) is 20.4 Å². The average Bonchev–Trinajstić information content (AvgIpc) is 2.49. The molecule has 0 aliphatic carbocycles. The van der Waals surface area contributed by atoms with Gasteiger partial charge in [-0.05, 0) is 13.8 Å². The minimum atomic E-state index is -0.856. The van der Waals surface area contributed by atoms with Crippen LogP contribution in [0.15, 0.2) is 12.3 Å². The van der Waals surface area contributed by atoms with Crippen molar-refractivity contribution in [2.45, 2.75) is 26.7 Å². The first-order valence-electron chi connectivity index (χ1n) is 6.07. The molecule has 0 spiro atoms. The minimum absolute atomic E-state index is 0. The molecule has 0 aromatic heterocycles. The quantitative estimate of drug-likeness (QED) is 0.116. The number of rotatable bonds is 3. The molecule has 0 saturated heterocycles. The van der Waals surface area contributed by atoms with Gasteiger partial charge in [0.05, 0.1) is 0 Å². The van der Waals surface area contributed by atoms with Crippen molar-refractivity contribution >= 4 is 30.7 Å². The summed E-state index contributed by atoms with van der Waals surface area (Å²) in [6.45, 7) is 11.8. The van der Waals surface area contributed by atoms with Gasteiger partial charge in [0.15, 0.2) is 0 Å². The predicted molar refractivity (Wildman–Crippen MR) is 87.2 cm³/mol. The van der Waals surface area contributed by atoms with Crippen LogP contribution in [0, 0.1) is 13.8 Å². The summed E-state index contributed by atoms with van der Waals surface area (Å²) in [6, 6.07) is 0. The second kappa shape index (κ2) is 71.2. The molecule has 0 aromatic rings. The van der Waals surface area contributed by atoms with Crippen molar-refractivity contribution in [1.82, 2.24) is 0 Å². The van der Waals surface area contributed by atoms with Crippen molar-refractivity contribution < 1.29 is 118 Å². The first-order valence-corrected chi connectivity index (χ1v) is 6.07.